The van der Waals surface area contributed by atoms with E-state index in [1.165, 1.54) is 6.08 Å². The molecule has 0 bridgehead atoms. The highest BCUT2D eigenvalue weighted by Gasteiger charge is 2.25. The predicted octanol–water partition coefficient (Wildman–Crippen LogP) is 3.45. The van der Waals surface area contributed by atoms with E-state index in [1.807, 2.05) is 0 Å². The Morgan fingerprint density at radius 1 is 1.24 bits per heavy atom. The molecule has 0 radical (unpaired) electrons. The summed E-state index contributed by atoms with van der Waals surface area (Å²) >= 11 is 6.69. The Bertz CT molecular complexity index is 1080. The van der Waals surface area contributed by atoms with Gasteiger partial charge in [0.25, 0.3) is 11.1 Å². The SMILES string of the molecule is Nc1cc(-c2cncc3cc(/C=C4/SC(=O)NC4=O)oc23)cnc1Cl. The summed E-state index contributed by atoms with van der Waals surface area (Å²) < 4.78 is 5.85. The fourth-order valence-corrected chi connectivity index (χ4v) is 3.19. The van der Waals surface area contributed by atoms with Crippen molar-refractivity contribution in [2.24, 2.45) is 0 Å². The number of pyridine rings is 2. The molecule has 124 valence electrons. The smallest absolute Gasteiger partial charge is 0.290 e. The average molecular weight is 373 g/mol. The van der Waals surface area contributed by atoms with Crippen molar-refractivity contribution >= 4 is 57.2 Å². The highest BCUT2D eigenvalue weighted by atomic mass is 35.5. The fourth-order valence-electron chi connectivity index (χ4n) is 2.42. The van der Waals surface area contributed by atoms with Gasteiger partial charge in [0.1, 0.15) is 11.3 Å². The molecular weight excluding hydrogens is 364 g/mol. The summed E-state index contributed by atoms with van der Waals surface area (Å²) in [5.74, 6) is -0.00465. The molecule has 0 saturated carbocycles. The van der Waals surface area contributed by atoms with Crippen LogP contribution in [0.25, 0.3) is 28.2 Å². The third kappa shape index (κ3) is 2.86. The van der Waals surface area contributed by atoms with Crippen LogP contribution < -0.4 is 11.1 Å². The number of nitrogens with zero attached hydrogens (tertiary/aromatic N) is 2. The molecule has 4 heterocycles. The monoisotopic (exact) mass is 372 g/mol. The minimum Gasteiger partial charge on any atom is -0.456 e. The number of fused-ring (bicyclic) bond motifs is 1. The highest BCUT2D eigenvalue weighted by Crippen LogP contribution is 2.33. The van der Waals surface area contributed by atoms with E-state index >= 15 is 0 Å². The quantitative estimate of drug-likeness (QED) is 0.523. The van der Waals surface area contributed by atoms with Crippen LogP contribution in [0, 0.1) is 0 Å². The lowest BCUT2D eigenvalue weighted by Crippen LogP contribution is -2.17. The van der Waals surface area contributed by atoms with Crippen molar-refractivity contribution in [3.8, 4) is 11.1 Å². The Kier molecular flexibility index (Phi) is 3.70. The standard InChI is InChI=1S/C16H9ClN4O3S/c17-14-11(18)2-7(5-20-14)10-6-19-4-8-1-9(24-13(8)10)3-12-15(22)21-16(23)25-12/h1-6H,18H2,(H,21,22,23)/b12-3+. The molecule has 1 aliphatic rings. The maximum Gasteiger partial charge on any atom is 0.290 e. The molecule has 1 saturated heterocycles. The topological polar surface area (TPSA) is 111 Å². The summed E-state index contributed by atoms with van der Waals surface area (Å²) in [6, 6.07) is 3.42. The minimum atomic E-state index is -0.441. The molecule has 4 rings (SSSR count). The van der Waals surface area contributed by atoms with Crippen LogP contribution in [-0.4, -0.2) is 21.1 Å². The molecule has 0 aromatic carbocycles. The predicted molar refractivity (Wildman–Crippen MR) is 95.8 cm³/mol. The van der Waals surface area contributed by atoms with Crippen molar-refractivity contribution in [1.82, 2.24) is 15.3 Å². The number of carbonyl (C=O) groups is 2. The Morgan fingerprint density at radius 3 is 2.80 bits per heavy atom. The number of aromatic nitrogens is 2. The van der Waals surface area contributed by atoms with Crippen LogP contribution in [0.2, 0.25) is 5.15 Å². The van der Waals surface area contributed by atoms with Gasteiger partial charge in [0.05, 0.1) is 10.6 Å². The molecule has 0 spiro atoms. The second-order valence-corrected chi connectivity index (χ2v) is 6.58. The van der Waals surface area contributed by atoms with Crippen LogP contribution in [0.5, 0.6) is 0 Å². The molecular formula is C16H9ClN4O3S. The third-order valence-electron chi connectivity index (χ3n) is 3.53. The first kappa shape index (κ1) is 15.7. The lowest BCUT2D eigenvalue weighted by atomic mass is 10.1. The van der Waals surface area contributed by atoms with E-state index in [0.29, 0.717) is 28.2 Å². The van der Waals surface area contributed by atoms with Crippen molar-refractivity contribution in [2.45, 2.75) is 0 Å². The number of thioether (sulfide) groups is 1. The van der Waals surface area contributed by atoms with Gasteiger partial charge in [-0.15, -0.1) is 0 Å². The summed E-state index contributed by atoms with van der Waals surface area (Å²) in [6.45, 7) is 0. The molecule has 7 nitrogen and oxygen atoms in total. The van der Waals surface area contributed by atoms with E-state index in [2.05, 4.69) is 15.3 Å². The number of hydrogen-bond donors (Lipinski definition) is 2. The van der Waals surface area contributed by atoms with Gasteiger partial charge < -0.3 is 10.2 Å². The normalized spacial score (nSPS) is 16.0. The van der Waals surface area contributed by atoms with Crippen molar-refractivity contribution in [3.63, 3.8) is 0 Å². The molecule has 2 amide bonds. The van der Waals surface area contributed by atoms with Gasteiger partial charge in [0.2, 0.25) is 0 Å². The van der Waals surface area contributed by atoms with E-state index in [0.717, 1.165) is 17.1 Å². The van der Waals surface area contributed by atoms with Gasteiger partial charge in [-0.1, -0.05) is 11.6 Å². The Labute approximate surface area is 150 Å². The summed E-state index contributed by atoms with van der Waals surface area (Å²) in [4.78, 5) is 31.4. The zero-order valence-electron chi connectivity index (χ0n) is 12.4. The van der Waals surface area contributed by atoms with Crippen molar-refractivity contribution < 1.29 is 14.0 Å². The zero-order chi connectivity index (χ0) is 17.6. The number of nitrogens with one attached hydrogen (secondary N) is 1. The van der Waals surface area contributed by atoms with E-state index in [9.17, 15) is 9.59 Å². The molecule has 25 heavy (non-hydrogen) atoms. The highest BCUT2D eigenvalue weighted by molar-refractivity contribution is 8.18. The molecule has 0 unspecified atom stereocenters. The second-order valence-electron chi connectivity index (χ2n) is 5.21. The van der Waals surface area contributed by atoms with Gasteiger partial charge in [-0.05, 0) is 23.9 Å². The number of rotatable bonds is 2. The first-order valence-electron chi connectivity index (χ1n) is 7.05. The largest absolute Gasteiger partial charge is 0.456 e. The van der Waals surface area contributed by atoms with E-state index in [1.54, 1.807) is 30.7 Å². The number of carbonyl (C=O) groups excluding carboxylic acids is 2. The van der Waals surface area contributed by atoms with Gasteiger partial charge in [0, 0.05) is 41.2 Å². The number of anilines is 1. The van der Waals surface area contributed by atoms with E-state index < -0.39 is 11.1 Å². The molecule has 0 aliphatic carbocycles. The fraction of sp³-hybridized carbons (Fsp3) is 0. The summed E-state index contributed by atoms with van der Waals surface area (Å²) in [5, 5.41) is 2.76. The van der Waals surface area contributed by atoms with Gasteiger partial charge >= 0.3 is 0 Å². The number of halogens is 1. The number of nitrogen functional groups attached to an aromatic ring is 1. The average Bonchev–Trinajstić information content (AvgIpc) is 3.12. The molecule has 0 atom stereocenters. The lowest BCUT2D eigenvalue weighted by Gasteiger charge is -2.04. The summed E-state index contributed by atoms with van der Waals surface area (Å²) in [7, 11) is 0. The number of furan rings is 1. The van der Waals surface area contributed by atoms with Crippen molar-refractivity contribution in [1.29, 1.82) is 0 Å². The van der Waals surface area contributed by atoms with Crippen LogP contribution in [0.15, 0.2) is 40.0 Å². The maximum absolute atomic E-state index is 11.7. The van der Waals surface area contributed by atoms with Gasteiger partial charge in [-0.3, -0.25) is 19.9 Å². The van der Waals surface area contributed by atoms with Gasteiger partial charge in [0.15, 0.2) is 5.15 Å². The number of imide groups is 1. The van der Waals surface area contributed by atoms with Crippen LogP contribution in [0.4, 0.5) is 10.5 Å². The number of amides is 2. The minimum absolute atomic E-state index is 0.225. The molecule has 3 aromatic heterocycles. The van der Waals surface area contributed by atoms with E-state index in [-0.39, 0.29) is 10.1 Å². The molecule has 1 aliphatic heterocycles. The van der Waals surface area contributed by atoms with Crippen LogP contribution >= 0.6 is 23.4 Å². The summed E-state index contributed by atoms with van der Waals surface area (Å²) in [6.07, 6.45) is 6.37. The van der Waals surface area contributed by atoms with Gasteiger partial charge in [-0.25, -0.2) is 4.98 Å². The van der Waals surface area contributed by atoms with Crippen molar-refractivity contribution in [2.75, 3.05) is 5.73 Å². The Morgan fingerprint density at radius 2 is 2.08 bits per heavy atom. The third-order valence-corrected chi connectivity index (χ3v) is 4.66. The van der Waals surface area contributed by atoms with Gasteiger partial charge in [-0.2, -0.15) is 0 Å². The second kappa shape index (κ2) is 5.91. The molecule has 9 heteroatoms. The Balaban J connectivity index is 1.81. The molecule has 1 fully saturated rings. The van der Waals surface area contributed by atoms with Crippen LogP contribution in [0.3, 0.4) is 0 Å². The number of nitrogens with two attached hydrogens (primary N) is 1. The van der Waals surface area contributed by atoms with Crippen LogP contribution in [0.1, 0.15) is 5.76 Å². The van der Waals surface area contributed by atoms with E-state index in [4.69, 9.17) is 21.8 Å². The van der Waals surface area contributed by atoms with Crippen LogP contribution in [-0.2, 0) is 4.79 Å². The number of hydrogen-bond acceptors (Lipinski definition) is 7. The molecule has 3 aromatic rings. The maximum atomic E-state index is 11.7. The van der Waals surface area contributed by atoms with Crippen molar-refractivity contribution in [3.05, 3.63) is 46.5 Å². The zero-order valence-corrected chi connectivity index (χ0v) is 14.0. The molecule has 3 N–H and O–H groups in total. The first-order chi connectivity index (χ1) is 12.0. The Hall–Kier alpha value is -2.84. The first-order valence-corrected chi connectivity index (χ1v) is 8.24. The summed E-state index contributed by atoms with van der Waals surface area (Å²) in [5.41, 5.74) is 8.13. The lowest BCUT2D eigenvalue weighted by molar-refractivity contribution is -0.115.